The summed E-state index contributed by atoms with van der Waals surface area (Å²) < 4.78 is 0. The molecule has 1 aliphatic heterocycles. The molecule has 0 bridgehead atoms. The predicted molar refractivity (Wildman–Crippen MR) is 85.6 cm³/mol. The molecule has 1 heterocycles. The second-order valence-electron chi connectivity index (χ2n) is 5.85. The van der Waals surface area contributed by atoms with Crippen molar-refractivity contribution >= 4 is 17.3 Å². The molecule has 20 heavy (non-hydrogen) atoms. The quantitative estimate of drug-likeness (QED) is 0.900. The van der Waals surface area contributed by atoms with Crippen molar-refractivity contribution in [1.82, 2.24) is 10.2 Å². The SMILES string of the molecule is CCN1CCN(c2cc(Cl)ccc2CNC2CC2)CC1. The van der Waals surface area contributed by atoms with E-state index < -0.39 is 0 Å². The van der Waals surface area contributed by atoms with Crippen LogP contribution in [0.2, 0.25) is 5.02 Å². The van der Waals surface area contributed by atoms with Gasteiger partial charge in [-0.25, -0.2) is 0 Å². The molecule has 3 rings (SSSR count). The van der Waals surface area contributed by atoms with Gasteiger partial charge in [-0.15, -0.1) is 0 Å². The molecular formula is C16H24ClN3. The molecule has 1 aromatic rings. The average molecular weight is 294 g/mol. The number of hydrogen-bond donors (Lipinski definition) is 1. The summed E-state index contributed by atoms with van der Waals surface area (Å²) in [6.07, 6.45) is 2.66. The number of anilines is 1. The van der Waals surface area contributed by atoms with Crippen molar-refractivity contribution in [3.63, 3.8) is 0 Å². The third-order valence-electron chi connectivity index (χ3n) is 4.37. The number of nitrogens with one attached hydrogen (secondary N) is 1. The van der Waals surface area contributed by atoms with E-state index in [1.807, 2.05) is 6.07 Å². The van der Waals surface area contributed by atoms with Gasteiger partial charge >= 0.3 is 0 Å². The van der Waals surface area contributed by atoms with E-state index in [0.29, 0.717) is 0 Å². The highest BCUT2D eigenvalue weighted by Crippen LogP contribution is 2.27. The molecule has 0 spiro atoms. The second kappa shape index (κ2) is 6.33. The topological polar surface area (TPSA) is 18.5 Å². The Bertz CT molecular complexity index is 451. The fourth-order valence-corrected chi connectivity index (χ4v) is 2.99. The molecule has 1 aliphatic carbocycles. The van der Waals surface area contributed by atoms with Gasteiger partial charge < -0.3 is 15.1 Å². The lowest BCUT2D eigenvalue weighted by Crippen LogP contribution is -2.46. The van der Waals surface area contributed by atoms with Gasteiger partial charge in [0.25, 0.3) is 0 Å². The smallest absolute Gasteiger partial charge is 0.0427 e. The Labute approximate surface area is 126 Å². The number of nitrogens with zero attached hydrogens (tertiary/aromatic N) is 2. The van der Waals surface area contributed by atoms with Gasteiger partial charge in [0.05, 0.1) is 0 Å². The van der Waals surface area contributed by atoms with Crippen LogP contribution in [0.15, 0.2) is 18.2 Å². The number of likely N-dealkylation sites (N-methyl/N-ethyl adjacent to an activating group) is 1. The number of rotatable bonds is 5. The first kappa shape index (κ1) is 14.2. The molecule has 1 saturated carbocycles. The molecule has 1 N–H and O–H groups in total. The summed E-state index contributed by atoms with van der Waals surface area (Å²) in [5.41, 5.74) is 2.70. The molecule has 0 aromatic heterocycles. The minimum Gasteiger partial charge on any atom is -0.369 e. The number of hydrogen-bond acceptors (Lipinski definition) is 3. The summed E-state index contributed by atoms with van der Waals surface area (Å²) >= 11 is 6.21. The summed E-state index contributed by atoms with van der Waals surface area (Å²) in [5, 5.41) is 4.45. The first-order valence-electron chi connectivity index (χ1n) is 7.75. The van der Waals surface area contributed by atoms with Crippen molar-refractivity contribution in [2.24, 2.45) is 0 Å². The maximum Gasteiger partial charge on any atom is 0.0427 e. The minimum atomic E-state index is 0.746. The monoisotopic (exact) mass is 293 g/mol. The Hall–Kier alpha value is -0.770. The fourth-order valence-electron chi connectivity index (χ4n) is 2.83. The van der Waals surface area contributed by atoms with Gasteiger partial charge in [-0.2, -0.15) is 0 Å². The van der Waals surface area contributed by atoms with Crippen molar-refractivity contribution in [3.8, 4) is 0 Å². The lowest BCUT2D eigenvalue weighted by molar-refractivity contribution is 0.271. The standard InChI is InChI=1S/C16H24ClN3/c1-2-19-7-9-20(10-8-19)16-11-14(17)4-3-13(16)12-18-15-5-6-15/h3-4,11,15,18H,2,5-10,12H2,1H3. The largest absolute Gasteiger partial charge is 0.369 e. The van der Waals surface area contributed by atoms with Crippen LogP contribution in [-0.4, -0.2) is 43.7 Å². The predicted octanol–water partition coefficient (Wildman–Crippen LogP) is 2.73. The van der Waals surface area contributed by atoms with Crippen LogP contribution in [0, 0.1) is 0 Å². The first-order valence-corrected chi connectivity index (χ1v) is 8.13. The maximum absolute atomic E-state index is 6.21. The summed E-state index contributed by atoms with van der Waals surface area (Å²) in [6.45, 7) is 8.86. The molecule has 110 valence electrons. The van der Waals surface area contributed by atoms with E-state index >= 15 is 0 Å². The van der Waals surface area contributed by atoms with E-state index in [1.165, 1.54) is 24.1 Å². The molecule has 2 aliphatic rings. The molecular weight excluding hydrogens is 270 g/mol. The van der Waals surface area contributed by atoms with Gasteiger partial charge in [0, 0.05) is 49.5 Å². The summed E-state index contributed by atoms with van der Waals surface area (Å²) in [5.74, 6) is 0. The Morgan fingerprint density at radius 1 is 1.20 bits per heavy atom. The molecule has 0 atom stereocenters. The van der Waals surface area contributed by atoms with Gasteiger partial charge in [0.2, 0.25) is 0 Å². The highest BCUT2D eigenvalue weighted by atomic mass is 35.5. The summed E-state index contributed by atoms with van der Waals surface area (Å²) in [7, 11) is 0. The van der Waals surface area contributed by atoms with Gasteiger partial charge in [-0.3, -0.25) is 0 Å². The lowest BCUT2D eigenvalue weighted by atomic mass is 10.1. The highest BCUT2D eigenvalue weighted by Gasteiger charge is 2.22. The highest BCUT2D eigenvalue weighted by molar-refractivity contribution is 6.30. The zero-order valence-electron chi connectivity index (χ0n) is 12.2. The minimum absolute atomic E-state index is 0.746. The van der Waals surface area contributed by atoms with Crippen molar-refractivity contribution in [1.29, 1.82) is 0 Å². The molecule has 4 heteroatoms. The van der Waals surface area contributed by atoms with Crippen LogP contribution in [0.5, 0.6) is 0 Å². The van der Waals surface area contributed by atoms with Crippen LogP contribution in [0.3, 0.4) is 0 Å². The number of piperazine rings is 1. The van der Waals surface area contributed by atoms with Crippen LogP contribution in [0.25, 0.3) is 0 Å². The third kappa shape index (κ3) is 3.46. The van der Waals surface area contributed by atoms with E-state index in [0.717, 1.165) is 50.3 Å². The fraction of sp³-hybridized carbons (Fsp3) is 0.625. The van der Waals surface area contributed by atoms with Crippen molar-refractivity contribution in [2.75, 3.05) is 37.6 Å². The number of halogens is 1. The molecule has 0 radical (unpaired) electrons. The first-order chi connectivity index (χ1) is 9.76. The Kier molecular flexibility index (Phi) is 4.49. The van der Waals surface area contributed by atoms with Crippen LogP contribution in [0.4, 0.5) is 5.69 Å². The zero-order chi connectivity index (χ0) is 13.9. The third-order valence-corrected chi connectivity index (χ3v) is 4.60. The Morgan fingerprint density at radius 3 is 2.60 bits per heavy atom. The van der Waals surface area contributed by atoms with Crippen LogP contribution >= 0.6 is 11.6 Å². The van der Waals surface area contributed by atoms with Crippen LogP contribution in [-0.2, 0) is 6.54 Å². The van der Waals surface area contributed by atoms with Gasteiger partial charge in [-0.1, -0.05) is 24.6 Å². The van der Waals surface area contributed by atoms with E-state index in [9.17, 15) is 0 Å². The number of benzene rings is 1. The summed E-state index contributed by atoms with van der Waals surface area (Å²) in [4.78, 5) is 4.99. The van der Waals surface area contributed by atoms with Crippen LogP contribution in [0.1, 0.15) is 25.3 Å². The average Bonchev–Trinajstić information content (AvgIpc) is 3.30. The summed E-state index contributed by atoms with van der Waals surface area (Å²) in [6, 6.07) is 7.07. The molecule has 1 aromatic carbocycles. The van der Waals surface area contributed by atoms with Gasteiger partial charge in [0.15, 0.2) is 0 Å². The van der Waals surface area contributed by atoms with Gasteiger partial charge in [0.1, 0.15) is 0 Å². The normalized spacial score (nSPS) is 20.4. The van der Waals surface area contributed by atoms with Crippen molar-refractivity contribution in [3.05, 3.63) is 28.8 Å². The second-order valence-corrected chi connectivity index (χ2v) is 6.29. The van der Waals surface area contributed by atoms with Gasteiger partial charge in [-0.05, 0) is 37.1 Å². The Balaban J connectivity index is 1.71. The molecule has 2 fully saturated rings. The molecule has 1 saturated heterocycles. The van der Waals surface area contributed by atoms with E-state index in [1.54, 1.807) is 0 Å². The van der Waals surface area contributed by atoms with Crippen molar-refractivity contribution < 1.29 is 0 Å². The lowest BCUT2D eigenvalue weighted by Gasteiger charge is -2.36. The molecule has 3 nitrogen and oxygen atoms in total. The molecule has 0 unspecified atom stereocenters. The van der Waals surface area contributed by atoms with Crippen molar-refractivity contribution in [2.45, 2.75) is 32.4 Å². The van der Waals surface area contributed by atoms with E-state index in [4.69, 9.17) is 11.6 Å². The molecule has 0 amide bonds. The van der Waals surface area contributed by atoms with E-state index in [-0.39, 0.29) is 0 Å². The van der Waals surface area contributed by atoms with E-state index in [2.05, 4.69) is 34.2 Å². The maximum atomic E-state index is 6.21. The Morgan fingerprint density at radius 2 is 1.95 bits per heavy atom. The zero-order valence-corrected chi connectivity index (χ0v) is 13.0. The van der Waals surface area contributed by atoms with Crippen LogP contribution < -0.4 is 10.2 Å².